The smallest absolute Gasteiger partial charge is 0.318 e. The number of hydrogen-bond donors (Lipinski definition) is 0. The number of carbonyl (C=O) groups excluding carboxylic acids is 2. The van der Waals surface area contributed by atoms with E-state index in [1.807, 2.05) is 0 Å². The molecule has 0 N–H and O–H groups in total. The molecule has 1 atom stereocenters. The van der Waals surface area contributed by atoms with E-state index < -0.39 is 17.8 Å². The van der Waals surface area contributed by atoms with Gasteiger partial charge >= 0.3 is 5.97 Å². The predicted octanol–water partition coefficient (Wildman–Crippen LogP) is 2.19. The summed E-state index contributed by atoms with van der Waals surface area (Å²) in [5.74, 6) is 0.0721. The normalized spacial score (nSPS) is 15.8. The molecule has 0 aliphatic carbocycles. The number of nitrogens with zero attached hydrogens (tertiary/aromatic N) is 2. The molecule has 0 fully saturated rings. The quantitative estimate of drug-likeness (QED) is 0.731. The van der Waals surface area contributed by atoms with Crippen molar-refractivity contribution in [2.24, 2.45) is 10.9 Å². The summed E-state index contributed by atoms with van der Waals surface area (Å²) in [6.45, 7) is -0.0538. The molecule has 8 nitrogen and oxygen atoms in total. The van der Waals surface area contributed by atoms with Crippen molar-refractivity contribution in [2.75, 3.05) is 14.2 Å². The Hall–Kier alpha value is -3.42. The molecule has 2 aromatic rings. The number of methoxy groups -OCH3 is 2. The van der Waals surface area contributed by atoms with Crippen LogP contribution in [-0.2, 0) is 20.9 Å². The topological polar surface area (TPSA) is 100 Å². The van der Waals surface area contributed by atoms with E-state index in [4.69, 9.17) is 18.7 Å². The molecule has 26 heavy (non-hydrogen) atoms. The van der Waals surface area contributed by atoms with E-state index in [1.165, 1.54) is 18.4 Å². The molecule has 0 radical (unpaired) electrons. The minimum Gasteiger partial charge on any atom is -0.493 e. The van der Waals surface area contributed by atoms with E-state index in [2.05, 4.69) is 10.1 Å². The highest BCUT2D eigenvalue weighted by Crippen LogP contribution is 2.32. The molecule has 134 valence electrons. The molecule has 0 bridgehead atoms. The van der Waals surface area contributed by atoms with Crippen LogP contribution in [0.2, 0.25) is 0 Å². The summed E-state index contributed by atoms with van der Waals surface area (Å²) >= 11 is 0. The van der Waals surface area contributed by atoms with E-state index in [1.54, 1.807) is 38.5 Å². The number of amides is 1. The Balaban J connectivity index is 1.65. The summed E-state index contributed by atoms with van der Waals surface area (Å²) in [5.41, 5.74) is 1.20. The van der Waals surface area contributed by atoms with Gasteiger partial charge in [0, 0.05) is 23.9 Å². The van der Waals surface area contributed by atoms with Gasteiger partial charge in [-0.3, -0.25) is 9.59 Å². The molecular weight excluding hydrogens is 340 g/mol. The molecule has 2 heterocycles. The van der Waals surface area contributed by atoms with Crippen molar-refractivity contribution in [1.29, 1.82) is 0 Å². The van der Waals surface area contributed by atoms with Crippen molar-refractivity contribution in [1.82, 2.24) is 5.16 Å². The maximum Gasteiger partial charge on any atom is 0.318 e. The first-order valence-corrected chi connectivity index (χ1v) is 7.71. The minimum atomic E-state index is -0.676. The molecule has 1 aliphatic heterocycles. The Morgan fingerprint density at radius 2 is 2.00 bits per heavy atom. The van der Waals surface area contributed by atoms with Gasteiger partial charge in [-0.1, -0.05) is 11.2 Å². The van der Waals surface area contributed by atoms with E-state index in [-0.39, 0.29) is 6.61 Å². The molecule has 0 saturated carbocycles. The summed E-state index contributed by atoms with van der Waals surface area (Å²) in [6.07, 6.45) is 3.93. The van der Waals surface area contributed by atoms with Crippen molar-refractivity contribution in [3.05, 3.63) is 42.1 Å². The highest BCUT2D eigenvalue weighted by Gasteiger charge is 2.19. The highest BCUT2D eigenvalue weighted by molar-refractivity contribution is 6.03. The second-order valence-corrected chi connectivity index (χ2v) is 5.36. The van der Waals surface area contributed by atoms with Gasteiger partial charge in [-0.2, -0.15) is 0 Å². The Kier molecular flexibility index (Phi) is 5.12. The molecule has 3 rings (SSSR count). The van der Waals surface area contributed by atoms with Gasteiger partial charge in [-0.05, 0) is 18.2 Å². The Labute approximate surface area is 149 Å². The van der Waals surface area contributed by atoms with Crippen LogP contribution in [0.5, 0.6) is 11.5 Å². The van der Waals surface area contributed by atoms with Gasteiger partial charge in [0.2, 0.25) is 0 Å². The fraction of sp³-hybridized carbons (Fsp3) is 0.222. The predicted molar refractivity (Wildman–Crippen MR) is 91.0 cm³/mol. The number of benzene rings is 1. The number of rotatable bonds is 6. The van der Waals surface area contributed by atoms with Crippen molar-refractivity contribution < 1.29 is 28.3 Å². The first-order valence-electron chi connectivity index (χ1n) is 7.71. The zero-order valence-electron chi connectivity index (χ0n) is 14.2. The summed E-state index contributed by atoms with van der Waals surface area (Å²) in [5, 5.41) is 3.89. The summed E-state index contributed by atoms with van der Waals surface area (Å²) in [6, 6.07) is 6.99. The third-order valence-electron chi connectivity index (χ3n) is 3.67. The number of ether oxygens (including phenoxy) is 3. The highest BCUT2D eigenvalue weighted by atomic mass is 16.5. The van der Waals surface area contributed by atoms with Gasteiger partial charge in [0.25, 0.3) is 5.91 Å². The monoisotopic (exact) mass is 356 g/mol. The van der Waals surface area contributed by atoms with Gasteiger partial charge in [0.15, 0.2) is 17.3 Å². The van der Waals surface area contributed by atoms with Crippen molar-refractivity contribution in [3.63, 3.8) is 0 Å². The lowest BCUT2D eigenvalue weighted by Crippen LogP contribution is -2.19. The lowest BCUT2D eigenvalue weighted by molar-refractivity contribution is -0.146. The lowest BCUT2D eigenvalue weighted by atomic mass is 10.1. The Morgan fingerprint density at radius 3 is 2.69 bits per heavy atom. The number of aliphatic imine (C=N–C) groups is 1. The zero-order chi connectivity index (χ0) is 18.5. The van der Waals surface area contributed by atoms with Gasteiger partial charge < -0.3 is 18.7 Å². The van der Waals surface area contributed by atoms with Gasteiger partial charge in [-0.25, -0.2) is 4.99 Å². The van der Waals surface area contributed by atoms with E-state index >= 15 is 0 Å². The molecule has 1 unspecified atom stereocenters. The minimum absolute atomic E-state index is 0.0538. The lowest BCUT2D eigenvalue weighted by Gasteiger charge is -2.08. The summed E-state index contributed by atoms with van der Waals surface area (Å²) in [4.78, 5) is 26.5. The summed E-state index contributed by atoms with van der Waals surface area (Å²) < 4.78 is 20.9. The van der Waals surface area contributed by atoms with E-state index in [0.717, 1.165) is 5.56 Å². The average molecular weight is 356 g/mol. The number of carbonyl (C=O) groups is 2. The molecule has 0 spiro atoms. The van der Waals surface area contributed by atoms with Crippen molar-refractivity contribution in [2.45, 2.75) is 6.61 Å². The van der Waals surface area contributed by atoms with Crippen LogP contribution < -0.4 is 9.47 Å². The second-order valence-electron chi connectivity index (χ2n) is 5.36. The van der Waals surface area contributed by atoms with E-state index in [9.17, 15) is 9.59 Å². The molecule has 1 aromatic carbocycles. The molecule has 1 aromatic heterocycles. The average Bonchev–Trinajstić information content (AvgIpc) is 3.15. The first kappa shape index (κ1) is 17.4. The third-order valence-corrected chi connectivity index (χ3v) is 3.67. The van der Waals surface area contributed by atoms with E-state index in [0.29, 0.717) is 23.0 Å². The number of dihydropyridines is 1. The van der Waals surface area contributed by atoms with Crippen molar-refractivity contribution >= 4 is 18.1 Å². The molecule has 1 amide bonds. The van der Waals surface area contributed by atoms with Crippen LogP contribution in [-0.4, -0.2) is 37.5 Å². The molecular formula is C18H16N2O6. The number of hydrogen-bond acceptors (Lipinski definition) is 7. The first-order chi connectivity index (χ1) is 12.6. The van der Waals surface area contributed by atoms with Crippen LogP contribution in [0, 0.1) is 5.92 Å². The molecule has 8 heteroatoms. The van der Waals surface area contributed by atoms with Gasteiger partial charge in [0.05, 0.1) is 14.2 Å². The van der Waals surface area contributed by atoms with Crippen LogP contribution in [0.15, 0.2) is 45.9 Å². The number of aromatic nitrogens is 1. The second kappa shape index (κ2) is 7.64. The van der Waals surface area contributed by atoms with Crippen LogP contribution >= 0.6 is 0 Å². The van der Waals surface area contributed by atoms with Crippen LogP contribution in [0.4, 0.5) is 0 Å². The maximum absolute atomic E-state index is 11.9. The summed E-state index contributed by atoms with van der Waals surface area (Å²) in [7, 11) is 3.10. The van der Waals surface area contributed by atoms with Crippen molar-refractivity contribution in [3.8, 4) is 22.8 Å². The fourth-order valence-electron chi connectivity index (χ4n) is 2.32. The zero-order valence-corrected chi connectivity index (χ0v) is 14.2. The Morgan fingerprint density at radius 1 is 1.19 bits per heavy atom. The van der Waals surface area contributed by atoms with Crippen LogP contribution in [0.25, 0.3) is 11.3 Å². The number of esters is 1. The fourth-order valence-corrected chi connectivity index (χ4v) is 2.32. The van der Waals surface area contributed by atoms with Crippen LogP contribution in [0.3, 0.4) is 0 Å². The standard InChI is InChI=1S/C18H16N2O6/c1-23-14-5-3-11(7-16(14)24-2)15-8-13(20-26-15)10-25-18(22)12-4-6-17(21)19-9-12/h3-9,12H,10H2,1-2H3. The molecule has 0 saturated heterocycles. The SMILES string of the molecule is COc1ccc(-c2cc(COC(=O)C3C=CC(=O)N=C3)no2)cc1OC. The van der Waals surface area contributed by atoms with Gasteiger partial charge in [0.1, 0.15) is 18.2 Å². The largest absolute Gasteiger partial charge is 0.493 e. The maximum atomic E-state index is 11.9. The van der Waals surface area contributed by atoms with Gasteiger partial charge in [-0.15, -0.1) is 0 Å². The van der Waals surface area contributed by atoms with Crippen LogP contribution in [0.1, 0.15) is 5.69 Å². The third kappa shape index (κ3) is 3.80. The molecule has 1 aliphatic rings. The Bertz CT molecular complexity index is 868.